The normalized spacial score (nSPS) is 19.0. The van der Waals surface area contributed by atoms with Crippen LogP contribution in [0.4, 0.5) is 0 Å². The molecule has 1 N–H and O–H groups in total. The topological polar surface area (TPSA) is 21.3 Å². The van der Waals surface area contributed by atoms with Gasteiger partial charge < -0.3 is 10.1 Å². The molecule has 0 saturated carbocycles. The van der Waals surface area contributed by atoms with E-state index in [0.29, 0.717) is 12.5 Å². The highest BCUT2D eigenvalue weighted by atomic mass is 16.5. The minimum absolute atomic E-state index is 0.573. The molecule has 1 heterocycles. The first-order valence-electron chi connectivity index (χ1n) is 4.11. The summed E-state index contributed by atoms with van der Waals surface area (Å²) in [5.41, 5.74) is 0. The third kappa shape index (κ3) is 3.41. The number of nitrogens with one attached hydrogen (secondary N) is 1. The van der Waals surface area contributed by atoms with E-state index in [4.69, 9.17) is 4.74 Å². The first kappa shape index (κ1) is 8.58. The zero-order valence-electron chi connectivity index (χ0n) is 7.02. The van der Waals surface area contributed by atoms with Gasteiger partial charge in [0, 0.05) is 13.0 Å². The van der Waals surface area contributed by atoms with Crippen LogP contribution in [0.25, 0.3) is 0 Å². The molecular formula is C9H15NO. The monoisotopic (exact) mass is 153 g/mol. The number of ether oxygens (including phenoxy) is 1. The maximum Gasteiger partial charge on any atom is 0.107 e. The van der Waals surface area contributed by atoms with Crippen LogP contribution in [0.2, 0.25) is 0 Å². The fourth-order valence-electron chi connectivity index (χ4n) is 1.22. The van der Waals surface area contributed by atoms with Crippen molar-refractivity contribution in [2.24, 2.45) is 5.92 Å². The van der Waals surface area contributed by atoms with Crippen LogP contribution in [0, 0.1) is 17.8 Å². The molecule has 0 aromatic rings. The number of hydrogen-bond donors (Lipinski definition) is 1. The van der Waals surface area contributed by atoms with Crippen LogP contribution in [0.3, 0.4) is 0 Å². The van der Waals surface area contributed by atoms with E-state index in [1.165, 1.54) is 12.8 Å². The van der Waals surface area contributed by atoms with E-state index in [0.717, 1.165) is 13.1 Å². The van der Waals surface area contributed by atoms with Crippen molar-refractivity contribution in [3.05, 3.63) is 0 Å². The van der Waals surface area contributed by atoms with Crippen molar-refractivity contribution in [3.63, 3.8) is 0 Å². The molecule has 2 heteroatoms. The minimum atomic E-state index is 0.573. The van der Waals surface area contributed by atoms with Crippen LogP contribution in [0.1, 0.15) is 12.8 Å². The Labute approximate surface area is 68.3 Å². The fraction of sp³-hybridized carbons (Fsp3) is 0.778. The van der Waals surface area contributed by atoms with Gasteiger partial charge in [0.1, 0.15) is 6.61 Å². The third-order valence-electron chi connectivity index (χ3n) is 1.86. The highest BCUT2D eigenvalue weighted by Gasteiger charge is 2.08. The summed E-state index contributed by atoms with van der Waals surface area (Å²) in [7, 11) is 1.68. The Morgan fingerprint density at radius 1 is 1.45 bits per heavy atom. The third-order valence-corrected chi connectivity index (χ3v) is 1.86. The summed E-state index contributed by atoms with van der Waals surface area (Å²) in [6, 6.07) is 0. The second kappa shape index (κ2) is 5.17. The summed E-state index contributed by atoms with van der Waals surface area (Å²) in [4.78, 5) is 0. The summed E-state index contributed by atoms with van der Waals surface area (Å²) in [6.07, 6.45) is 2.38. The van der Waals surface area contributed by atoms with Gasteiger partial charge in [-0.05, 0) is 25.9 Å². The van der Waals surface area contributed by atoms with Crippen molar-refractivity contribution < 1.29 is 4.74 Å². The molecule has 0 aromatic heterocycles. The molecule has 1 fully saturated rings. The first-order valence-corrected chi connectivity index (χ1v) is 4.11. The van der Waals surface area contributed by atoms with E-state index in [2.05, 4.69) is 17.2 Å². The van der Waals surface area contributed by atoms with Gasteiger partial charge in [-0.2, -0.15) is 0 Å². The second-order valence-corrected chi connectivity index (χ2v) is 2.78. The number of methoxy groups -OCH3 is 1. The molecule has 11 heavy (non-hydrogen) atoms. The largest absolute Gasteiger partial charge is 0.372 e. The number of piperidine rings is 1. The summed E-state index contributed by atoms with van der Waals surface area (Å²) < 4.78 is 4.84. The van der Waals surface area contributed by atoms with Crippen LogP contribution < -0.4 is 5.32 Å². The van der Waals surface area contributed by atoms with Crippen LogP contribution in [-0.2, 0) is 4.74 Å². The lowest BCUT2D eigenvalue weighted by atomic mass is 9.99. The minimum Gasteiger partial charge on any atom is -0.372 e. The summed E-state index contributed by atoms with van der Waals surface area (Å²) in [6.45, 7) is 2.81. The molecule has 0 aliphatic carbocycles. The van der Waals surface area contributed by atoms with E-state index in [1.807, 2.05) is 0 Å². The smallest absolute Gasteiger partial charge is 0.107 e. The van der Waals surface area contributed by atoms with Gasteiger partial charge in [0.25, 0.3) is 0 Å². The lowest BCUT2D eigenvalue weighted by Gasteiger charge is -2.17. The molecule has 1 aliphatic rings. The number of hydrogen-bond acceptors (Lipinski definition) is 2. The van der Waals surface area contributed by atoms with Gasteiger partial charge in [-0.15, -0.1) is 0 Å². The zero-order chi connectivity index (χ0) is 7.94. The van der Waals surface area contributed by atoms with Crippen LogP contribution >= 0.6 is 0 Å². The molecule has 0 unspecified atom stereocenters. The SMILES string of the molecule is COCC#CC1CCNCC1. The van der Waals surface area contributed by atoms with E-state index in [1.54, 1.807) is 7.11 Å². The van der Waals surface area contributed by atoms with Crippen molar-refractivity contribution in [1.29, 1.82) is 0 Å². The Morgan fingerprint density at radius 2 is 2.18 bits per heavy atom. The lowest BCUT2D eigenvalue weighted by Crippen LogP contribution is -2.26. The Bertz CT molecular complexity index is 151. The molecule has 2 nitrogen and oxygen atoms in total. The molecule has 0 amide bonds. The average molecular weight is 153 g/mol. The van der Waals surface area contributed by atoms with Gasteiger partial charge in [0.15, 0.2) is 0 Å². The van der Waals surface area contributed by atoms with Gasteiger partial charge >= 0.3 is 0 Å². The average Bonchev–Trinajstić information content (AvgIpc) is 2.07. The maximum atomic E-state index is 4.84. The Balaban J connectivity index is 2.19. The summed E-state index contributed by atoms with van der Waals surface area (Å²) in [5.74, 6) is 6.82. The van der Waals surface area contributed by atoms with Crippen molar-refractivity contribution in [3.8, 4) is 11.8 Å². The predicted molar refractivity (Wildman–Crippen MR) is 45.2 cm³/mol. The van der Waals surface area contributed by atoms with E-state index < -0.39 is 0 Å². The van der Waals surface area contributed by atoms with Gasteiger partial charge in [0.05, 0.1) is 0 Å². The molecule has 1 aliphatic heterocycles. The Hall–Kier alpha value is -0.520. The molecule has 1 saturated heterocycles. The zero-order valence-corrected chi connectivity index (χ0v) is 7.02. The highest BCUT2D eigenvalue weighted by molar-refractivity contribution is 5.04. The maximum absolute atomic E-state index is 4.84. The van der Waals surface area contributed by atoms with Crippen LogP contribution in [0.5, 0.6) is 0 Å². The lowest BCUT2D eigenvalue weighted by molar-refractivity contribution is 0.239. The van der Waals surface area contributed by atoms with Crippen molar-refractivity contribution >= 4 is 0 Å². The molecule has 62 valence electrons. The highest BCUT2D eigenvalue weighted by Crippen LogP contribution is 2.08. The van der Waals surface area contributed by atoms with Crippen LogP contribution in [0.15, 0.2) is 0 Å². The second-order valence-electron chi connectivity index (χ2n) is 2.78. The quantitative estimate of drug-likeness (QED) is 0.558. The van der Waals surface area contributed by atoms with Gasteiger partial charge in [-0.3, -0.25) is 0 Å². The Kier molecular flexibility index (Phi) is 4.03. The van der Waals surface area contributed by atoms with Gasteiger partial charge in [0.2, 0.25) is 0 Å². The van der Waals surface area contributed by atoms with E-state index in [-0.39, 0.29) is 0 Å². The van der Waals surface area contributed by atoms with Gasteiger partial charge in [-0.1, -0.05) is 11.8 Å². The summed E-state index contributed by atoms with van der Waals surface area (Å²) >= 11 is 0. The van der Waals surface area contributed by atoms with Crippen molar-refractivity contribution in [2.75, 3.05) is 26.8 Å². The fourth-order valence-corrected chi connectivity index (χ4v) is 1.22. The van der Waals surface area contributed by atoms with E-state index in [9.17, 15) is 0 Å². The first-order chi connectivity index (χ1) is 5.43. The molecule has 0 radical (unpaired) electrons. The van der Waals surface area contributed by atoms with Gasteiger partial charge in [-0.25, -0.2) is 0 Å². The molecule has 0 spiro atoms. The Morgan fingerprint density at radius 3 is 2.82 bits per heavy atom. The molecule has 0 aromatic carbocycles. The molecule has 1 rings (SSSR count). The molecule has 0 atom stereocenters. The number of rotatable bonds is 1. The van der Waals surface area contributed by atoms with Crippen molar-refractivity contribution in [1.82, 2.24) is 5.32 Å². The predicted octanol–water partition coefficient (Wildman–Crippen LogP) is 0.636. The van der Waals surface area contributed by atoms with Crippen LogP contribution in [-0.4, -0.2) is 26.8 Å². The molecular weight excluding hydrogens is 138 g/mol. The van der Waals surface area contributed by atoms with E-state index >= 15 is 0 Å². The summed E-state index contributed by atoms with van der Waals surface area (Å²) in [5, 5.41) is 3.31. The molecule has 0 bridgehead atoms. The van der Waals surface area contributed by atoms with Crippen molar-refractivity contribution in [2.45, 2.75) is 12.8 Å². The standard InChI is InChI=1S/C9H15NO/c1-11-8-2-3-9-4-6-10-7-5-9/h9-10H,4-8H2,1H3.